The van der Waals surface area contributed by atoms with Crippen molar-refractivity contribution in [3.8, 4) is 11.5 Å². The Hall–Kier alpha value is -2.47. The van der Waals surface area contributed by atoms with Crippen LogP contribution in [0.5, 0.6) is 11.5 Å². The van der Waals surface area contributed by atoms with Crippen molar-refractivity contribution < 1.29 is 19.1 Å². The van der Waals surface area contributed by atoms with Gasteiger partial charge >= 0.3 is 0 Å². The zero-order chi connectivity index (χ0) is 18.4. The van der Waals surface area contributed by atoms with Gasteiger partial charge in [-0.2, -0.15) is 0 Å². The Labute approximate surface area is 151 Å². The minimum absolute atomic E-state index is 0.0381. The van der Waals surface area contributed by atoms with Crippen LogP contribution in [0.4, 0.5) is 5.69 Å². The molecule has 0 radical (unpaired) electrons. The third-order valence-electron chi connectivity index (χ3n) is 3.57. The second-order valence-corrected chi connectivity index (χ2v) is 6.82. The molecular formula is C19H21NO4S. The van der Waals surface area contributed by atoms with Crippen LogP contribution in [-0.2, 0) is 4.79 Å². The lowest BCUT2D eigenvalue weighted by Crippen LogP contribution is -2.22. The molecule has 25 heavy (non-hydrogen) atoms. The molecule has 2 rings (SSSR count). The number of Topliss-reactive ketones (excluding diaryl/α,β-unsaturated/α-hetero) is 1. The molecule has 1 N–H and O–H groups in total. The molecule has 2 aromatic carbocycles. The second-order valence-electron chi connectivity index (χ2n) is 5.40. The molecule has 5 nitrogen and oxygen atoms in total. The summed E-state index contributed by atoms with van der Waals surface area (Å²) in [6.45, 7) is 3.32. The van der Waals surface area contributed by atoms with E-state index in [-0.39, 0.29) is 16.9 Å². The Balaban J connectivity index is 2.05. The minimum atomic E-state index is -0.320. The third kappa shape index (κ3) is 5.00. The number of anilines is 1. The third-order valence-corrected chi connectivity index (χ3v) is 4.67. The Bertz CT molecular complexity index is 776. The number of benzene rings is 2. The largest absolute Gasteiger partial charge is 0.493 e. The van der Waals surface area contributed by atoms with E-state index in [2.05, 4.69) is 5.32 Å². The number of carbonyl (C=O) groups excluding carboxylic acids is 2. The number of hydrogen-bond donors (Lipinski definition) is 1. The van der Waals surface area contributed by atoms with Gasteiger partial charge in [0.15, 0.2) is 17.3 Å². The van der Waals surface area contributed by atoms with Crippen molar-refractivity contribution in [1.82, 2.24) is 0 Å². The molecule has 0 saturated carbocycles. The highest BCUT2D eigenvalue weighted by Crippen LogP contribution is 2.33. The SMILES string of the molecule is COc1ccc(S[C@@H](C)C(=O)Nc2cccc(C(C)=O)c2)cc1OC. The van der Waals surface area contributed by atoms with Crippen LogP contribution in [-0.4, -0.2) is 31.2 Å². The topological polar surface area (TPSA) is 64.6 Å². The number of amides is 1. The lowest BCUT2D eigenvalue weighted by molar-refractivity contribution is -0.115. The number of hydrogen-bond acceptors (Lipinski definition) is 5. The van der Waals surface area contributed by atoms with Gasteiger partial charge in [0.1, 0.15) is 0 Å². The fraction of sp³-hybridized carbons (Fsp3) is 0.263. The molecule has 132 valence electrons. The van der Waals surface area contributed by atoms with Crippen molar-refractivity contribution in [3.05, 3.63) is 48.0 Å². The van der Waals surface area contributed by atoms with Gasteiger partial charge in [0.25, 0.3) is 0 Å². The van der Waals surface area contributed by atoms with E-state index >= 15 is 0 Å². The van der Waals surface area contributed by atoms with Crippen molar-refractivity contribution in [2.45, 2.75) is 24.0 Å². The van der Waals surface area contributed by atoms with Crippen molar-refractivity contribution in [2.24, 2.45) is 0 Å². The number of thioether (sulfide) groups is 1. The summed E-state index contributed by atoms with van der Waals surface area (Å²) in [6, 6.07) is 12.4. The molecule has 0 fully saturated rings. The van der Waals surface area contributed by atoms with Gasteiger partial charge < -0.3 is 14.8 Å². The summed E-state index contributed by atoms with van der Waals surface area (Å²) in [6.07, 6.45) is 0. The van der Waals surface area contributed by atoms with Crippen LogP contribution >= 0.6 is 11.8 Å². The van der Waals surface area contributed by atoms with Crippen molar-refractivity contribution in [1.29, 1.82) is 0 Å². The number of carbonyl (C=O) groups is 2. The first-order valence-corrected chi connectivity index (χ1v) is 8.63. The van der Waals surface area contributed by atoms with E-state index in [9.17, 15) is 9.59 Å². The van der Waals surface area contributed by atoms with Crippen LogP contribution in [0.25, 0.3) is 0 Å². The molecule has 0 aromatic heterocycles. The zero-order valence-corrected chi connectivity index (χ0v) is 15.5. The summed E-state index contributed by atoms with van der Waals surface area (Å²) in [5, 5.41) is 2.52. The molecule has 0 aliphatic rings. The Morgan fingerprint density at radius 1 is 1.04 bits per heavy atom. The zero-order valence-electron chi connectivity index (χ0n) is 14.7. The first-order chi connectivity index (χ1) is 11.9. The molecule has 0 heterocycles. The predicted molar refractivity (Wildman–Crippen MR) is 99.9 cm³/mol. The van der Waals surface area contributed by atoms with E-state index in [1.165, 1.54) is 18.7 Å². The maximum atomic E-state index is 12.4. The predicted octanol–water partition coefficient (Wildman–Crippen LogP) is 4.03. The van der Waals surface area contributed by atoms with Gasteiger partial charge in [0, 0.05) is 16.1 Å². The minimum Gasteiger partial charge on any atom is -0.493 e. The molecule has 0 saturated heterocycles. The maximum Gasteiger partial charge on any atom is 0.237 e. The molecule has 0 aliphatic carbocycles. The van der Waals surface area contributed by atoms with E-state index in [0.717, 1.165) is 4.90 Å². The van der Waals surface area contributed by atoms with Crippen LogP contribution in [0.15, 0.2) is 47.4 Å². The van der Waals surface area contributed by atoms with Crippen molar-refractivity contribution >= 4 is 29.1 Å². The van der Waals surface area contributed by atoms with E-state index in [1.54, 1.807) is 38.5 Å². The van der Waals surface area contributed by atoms with Crippen molar-refractivity contribution in [2.75, 3.05) is 19.5 Å². The van der Waals surface area contributed by atoms with Crippen LogP contribution in [0.2, 0.25) is 0 Å². The highest BCUT2D eigenvalue weighted by Gasteiger charge is 2.16. The van der Waals surface area contributed by atoms with Crippen LogP contribution in [0.3, 0.4) is 0 Å². The quantitative estimate of drug-likeness (QED) is 0.597. The maximum absolute atomic E-state index is 12.4. The first-order valence-electron chi connectivity index (χ1n) is 7.75. The number of rotatable bonds is 7. The fourth-order valence-electron chi connectivity index (χ4n) is 2.21. The average Bonchev–Trinajstić information content (AvgIpc) is 2.61. The molecule has 0 aliphatic heterocycles. The lowest BCUT2D eigenvalue weighted by atomic mass is 10.1. The Morgan fingerprint density at radius 2 is 1.76 bits per heavy atom. The van der Waals surface area contributed by atoms with E-state index in [1.807, 2.05) is 25.1 Å². The summed E-state index contributed by atoms with van der Waals surface area (Å²) >= 11 is 1.42. The molecule has 2 aromatic rings. The van der Waals surface area contributed by atoms with Gasteiger partial charge in [-0.15, -0.1) is 11.8 Å². The average molecular weight is 359 g/mol. The van der Waals surface area contributed by atoms with Gasteiger partial charge in [-0.05, 0) is 44.2 Å². The summed E-state index contributed by atoms with van der Waals surface area (Å²) in [5.41, 5.74) is 1.18. The van der Waals surface area contributed by atoms with E-state index in [4.69, 9.17) is 9.47 Å². The molecular weight excluding hydrogens is 338 g/mol. The molecule has 0 spiro atoms. The van der Waals surface area contributed by atoms with E-state index in [0.29, 0.717) is 22.7 Å². The highest BCUT2D eigenvalue weighted by atomic mass is 32.2. The first kappa shape index (κ1) is 18.9. The van der Waals surface area contributed by atoms with Crippen molar-refractivity contribution in [3.63, 3.8) is 0 Å². The summed E-state index contributed by atoms with van der Waals surface area (Å²) in [4.78, 5) is 24.7. The number of ether oxygens (including phenoxy) is 2. The van der Waals surface area contributed by atoms with Gasteiger partial charge in [0.2, 0.25) is 5.91 Å². The standard InChI is InChI=1S/C19H21NO4S/c1-12(21)14-6-5-7-15(10-14)20-19(22)13(2)25-16-8-9-17(23-3)18(11-16)24-4/h5-11,13H,1-4H3,(H,20,22)/t13-/m0/s1. The smallest absolute Gasteiger partial charge is 0.237 e. The molecule has 0 unspecified atom stereocenters. The monoisotopic (exact) mass is 359 g/mol. The summed E-state index contributed by atoms with van der Waals surface area (Å²) < 4.78 is 10.5. The van der Waals surface area contributed by atoms with Crippen LogP contribution < -0.4 is 14.8 Å². The molecule has 1 amide bonds. The summed E-state index contributed by atoms with van der Waals surface area (Å²) in [7, 11) is 3.15. The Kier molecular flexibility index (Phi) is 6.47. The van der Waals surface area contributed by atoms with Crippen LogP contribution in [0.1, 0.15) is 24.2 Å². The number of ketones is 1. The molecule has 1 atom stereocenters. The molecule has 6 heteroatoms. The Morgan fingerprint density at radius 3 is 2.40 bits per heavy atom. The second kappa shape index (κ2) is 8.58. The fourth-order valence-corrected chi connectivity index (χ4v) is 3.10. The molecule has 0 bridgehead atoms. The van der Waals surface area contributed by atoms with E-state index < -0.39 is 0 Å². The van der Waals surface area contributed by atoms with Gasteiger partial charge in [0.05, 0.1) is 19.5 Å². The number of methoxy groups -OCH3 is 2. The normalized spacial score (nSPS) is 11.5. The lowest BCUT2D eigenvalue weighted by Gasteiger charge is -2.14. The van der Waals surface area contributed by atoms with Gasteiger partial charge in [-0.25, -0.2) is 0 Å². The van der Waals surface area contributed by atoms with Gasteiger partial charge in [-0.3, -0.25) is 9.59 Å². The van der Waals surface area contributed by atoms with Gasteiger partial charge in [-0.1, -0.05) is 12.1 Å². The number of nitrogens with one attached hydrogen (secondary N) is 1. The summed E-state index contributed by atoms with van der Waals surface area (Å²) in [5.74, 6) is 1.09. The van der Waals surface area contributed by atoms with Crippen LogP contribution in [0, 0.1) is 0 Å². The highest BCUT2D eigenvalue weighted by molar-refractivity contribution is 8.00.